The molecule has 7 nitrogen and oxygen atoms in total. The number of hydrogen-bond acceptors (Lipinski definition) is 4. The van der Waals surface area contributed by atoms with E-state index in [1.54, 1.807) is 7.05 Å². The van der Waals surface area contributed by atoms with Gasteiger partial charge in [-0.25, -0.2) is 4.79 Å². The zero-order valence-corrected chi connectivity index (χ0v) is 15.6. The molecular weight excluding hydrogens is 346 g/mol. The standard InChI is InChI=1S/C17H27N3O4.ClH/c1-10(15(22)23)20(2)9-14(21)18-16(24)19-17-6-11-3-12(7-17)5-13(4-11)8-17;/h10-13H,3-9H2,1-2H3,(H,22,23)(H2,18,19,21,24);1H. The van der Waals surface area contributed by atoms with Crippen molar-refractivity contribution in [2.75, 3.05) is 13.6 Å². The van der Waals surface area contributed by atoms with Gasteiger partial charge in [0.2, 0.25) is 5.91 Å². The van der Waals surface area contributed by atoms with Crippen LogP contribution in [-0.4, -0.2) is 53.1 Å². The van der Waals surface area contributed by atoms with E-state index in [4.69, 9.17) is 5.11 Å². The van der Waals surface area contributed by atoms with Gasteiger partial charge in [0.15, 0.2) is 0 Å². The van der Waals surface area contributed by atoms with Crippen molar-refractivity contribution >= 4 is 30.3 Å². The summed E-state index contributed by atoms with van der Waals surface area (Å²) in [6.45, 7) is 1.38. The lowest BCUT2D eigenvalue weighted by molar-refractivity contribution is -0.142. The summed E-state index contributed by atoms with van der Waals surface area (Å²) in [4.78, 5) is 36.5. The van der Waals surface area contributed by atoms with Crippen molar-refractivity contribution < 1.29 is 19.5 Å². The van der Waals surface area contributed by atoms with Gasteiger partial charge in [0.05, 0.1) is 6.54 Å². The maximum Gasteiger partial charge on any atom is 0.321 e. The smallest absolute Gasteiger partial charge is 0.321 e. The Kier molecular flexibility index (Phi) is 5.99. The van der Waals surface area contributed by atoms with E-state index in [9.17, 15) is 14.4 Å². The van der Waals surface area contributed by atoms with Crippen LogP contribution in [0.25, 0.3) is 0 Å². The van der Waals surface area contributed by atoms with Gasteiger partial charge in [-0.2, -0.15) is 0 Å². The summed E-state index contributed by atoms with van der Waals surface area (Å²) in [5, 5.41) is 14.4. The highest BCUT2D eigenvalue weighted by molar-refractivity contribution is 5.95. The Hall–Kier alpha value is -1.34. The van der Waals surface area contributed by atoms with Crippen LogP contribution in [0.4, 0.5) is 4.79 Å². The molecule has 0 spiro atoms. The van der Waals surface area contributed by atoms with Crippen LogP contribution in [-0.2, 0) is 9.59 Å². The Labute approximate surface area is 154 Å². The number of nitrogens with zero attached hydrogens (tertiary/aromatic N) is 1. The molecule has 1 atom stereocenters. The number of carboxylic acid groups (broad SMARTS) is 1. The molecule has 4 saturated carbocycles. The molecule has 8 heteroatoms. The van der Waals surface area contributed by atoms with E-state index in [0.717, 1.165) is 37.0 Å². The molecule has 4 aliphatic rings. The Morgan fingerprint density at radius 2 is 1.60 bits per heavy atom. The Morgan fingerprint density at radius 1 is 1.12 bits per heavy atom. The van der Waals surface area contributed by atoms with Crippen LogP contribution in [0.5, 0.6) is 0 Å². The topological polar surface area (TPSA) is 98.7 Å². The summed E-state index contributed by atoms with van der Waals surface area (Å²) in [5.41, 5.74) is -0.140. The van der Waals surface area contributed by atoms with Crippen molar-refractivity contribution in [3.63, 3.8) is 0 Å². The number of rotatable bonds is 5. The van der Waals surface area contributed by atoms with Crippen LogP contribution in [0, 0.1) is 17.8 Å². The second kappa shape index (κ2) is 7.50. The molecule has 4 bridgehead atoms. The predicted octanol–water partition coefficient (Wildman–Crippen LogP) is 1.61. The van der Waals surface area contributed by atoms with Gasteiger partial charge in [0.25, 0.3) is 0 Å². The van der Waals surface area contributed by atoms with Crippen molar-refractivity contribution in [2.45, 2.75) is 57.0 Å². The highest BCUT2D eigenvalue weighted by Crippen LogP contribution is 2.55. The minimum Gasteiger partial charge on any atom is -0.480 e. The van der Waals surface area contributed by atoms with E-state index in [0.29, 0.717) is 0 Å². The predicted molar refractivity (Wildman–Crippen MR) is 94.6 cm³/mol. The maximum absolute atomic E-state index is 12.2. The molecule has 3 amide bonds. The molecule has 0 radical (unpaired) electrons. The molecule has 0 aromatic carbocycles. The third kappa shape index (κ3) is 4.44. The fourth-order valence-electron chi connectivity index (χ4n) is 5.25. The number of amides is 3. The highest BCUT2D eigenvalue weighted by atomic mass is 35.5. The Morgan fingerprint density at radius 3 is 2.04 bits per heavy atom. The van der Waals surface area contributed by atoms with Crippen LogP contribution in [0.1, 0.15) is 45.4 Å². The first-order valence-corrected chi connectivity index (χ1v) is 8.81. The molecule has 0 aromatic rings. The number of carbonyl (C=O) groups is 3. The average Bonchev–Trinajstić information content (AvgIpc) is 2.43. The van der Waals surface area contributed by atoms with Gasteiger partial charge >= 0.3 is 12.0 Å². The quantitative estimate of drug-likeness (QED) is 0.680. The molecule has 4 fully saturated rings. The zero-order chi connectivity index (χ0) is 17.5. The third-order valence-corrected chi connectivity index (χ3v) is 6.08. The number of imide groups is 1. The summed E-state index contributed by atoms with van der Waals surface area (Å²) in [6, 6.07) is -1.22. The molecule has 0 saturated heterocycles. The maximum atomic E-state index is 12.2. The van der Waals surface area contributed by atoms with Crippen molar-refractivity contribution in [3.8, 4) is 0 Å². The van der Waals surface area contributed by atoms with Crippen LogP contribution >= 0.6 is 12.4 Å². The first-order valence-electron chi connectivity index (χ1n) is 8.81. The van der Waals surface area contributed by atoms with Gasteiger partial charge in [0.1, 0.15) is 6.04 Å². The van der Waals surface area contributed by atoms with E-state index in [1.807, 2.05) is 0 Å². The van der Waals surface area contributed by atoms with Gasteiger partial charge in [-0.3, -0.25) is 19.8 Å². The van der Waals surface area contributed by atoms with E-state index >= 15 is 0 Å². The molecule has 4 rings (SSSR count). The number of carboxylic acids is 1. The monoisotopic (exact) mass is 373 g/mol. The summed E-state index contributed by atoms with van der Waals surface area (Å²) < 4.78 is 0. The lowest BCUT2D eigenvalue weighted by Crippen LogP contribution is -2.62. The second-order valence-electron chi connectivity index (χ2n) is 8.13. The van der Waals surface area contributed by atoms with Gasteiger partial charge in [0, 0.05) is 5.54 Å². The lowest BCUT2D eigenvalue weighted by Gasteiger charge is -2.56. The molecule has 25 heavy (non-hydrogen) atoms. The summed E-state index contributed by atoms with van der Waals surface area (Å²) >= 11 is 0. The number of hydrogen-bond donors (Lipinski definition) is 3. The van der Waals surface area contributed by atoms with Gasteiger partial charge in [-0.05, 0) is 70.3 Å². The van der Waals surface area contributed by atoms with Gasteiger partial charge in [-0.15, -0.1) is 12.4 Å². The molecule has 1 unspecified atom stereocenters. The van der Waals surface area contributed by atoms with Crippen molar-refractivity contribution in [3.05, 3.63) is 0 Å². The van der Waals surface area contributed by atoms with Gasteiger partial charge < -0.3 is 10.4 Å². The van der Waals surface area contributed by atoms with E-state index in [-0.39, 0.29) is 24.5 Å². The first kappa shape index (κ1) is 20.0. The summed E-state index contributed by atoms with van der Waals surface area (Å²) in [7, 11) is 1.55. The van der Waals surface area contributed by atoms with E-state index < -0.39 is 23.9 Å². The average molecular weight is 374 g/mol. The first-order chi connectivity index (χ1) is 11.3. The number of aliphatic carboxylic acids is 1. The number of urea groups is 1. The van der Waals surface area contributed by atoms with Crippen molar-refractivity contribution in [1.82, 2.24) is 15.5 Å². The van der Waals surface area contributed by atoms with Crippen molar-refractivity contribution in [1.29, 1.82) is 0 Å². The number of nitrogens with one attached hydrogen (secondary N) is 2. The summed E-state index contributed by atoms with van der Waals surface area (Å²) in [6.07, 6.45) is 6.95. The highest BCUT2D eigenvalue weighted by Gasteiger charge is 2.51. The van der Waals surface area contributed by atoms with Crippen molar-refractivity contribution in [2.24, 2.45) is 17.8 Å². The minimum atomic E-state index is -0.997. The Bertz CT molecular complexity index is 519. The fraction of sp³-hybridized carbons (Fsp3) is 0.824. The molecule has 3 N–H and O–H groups in total. The molecule has 142 valence electrons. The van der Waals surface area contributed by atoms with E-state index in [1.165, 1.54) is 31.1 Å². The Balaban J connectivity index is 0.00000225. The second-order valence-corrected chi connectivity index (χ2v) is 8.13. The van der Waals surface area contributed by atoms with Crippen LogP contribution in [0.3, 0.4) is 0 Å². The molecule has 0 aliphatic heterocycles. The zero-order valence-electron chi connectivity index (χ0n) is 14.8. The molecule has 0 aromatic heterocycles. The van der Waals surface area contributed by atoms with Crippen LogP contribution in [0.2, 0.25) is 0 Å². The minimum absolute atomic E-state index is 0. The lowest BCUT2D eigenvalue weighted by atomic mass is 9.53. The van der Waals surface area contributed by atoms with Crippen LogP contribution in [0.15, 0.2) is 0 Å². The SMILES string of the molecule is CC(C(=O)O)N(C)CC(=O)NC(=O)NC12CC3CC(CC(C3)C1)C2.Cl. The largest absolute Gasteiger partial charge is 0.480 e. The van der Waals surface area contributed by atoms with Crippen LogP contribution < -0.4 is 10.6 Å². The molecular formula is C17H28ClN3O4. The van der Waals surface area contributed by atoms with Gasteiger partial charge in [-0.1, -0.05) is 0 Å². The number of halogens is 1. The van der Waals surface area contributed by atoms with E-state index in [2.05, 4.69) is 10.6 Å². The summed E-state index contributed by atoms with van der Waals surface area (Å²) in [5.74, 6) is 0.676. The normalized spacial score (nSPS) is 33.5. The third-order valence-electron chi connectivity index (χ3n) is 6.08. The fourth-order valence-corrected chi connectivity index (χ4v) is 5.25. The molecule has 0 heterocycles. The number of carbonyl (C=O) groups excluding carboxylic acids is 2. The number of likely N-dealkylation sites (N-methyl/N-ethyl adjacent to an activating group) is 1. The molecule has 4 aliphatic carbocycles.